The van der Waals surface area contributed by atoms with Crippen molar-refractivity contribution in [2.45, 2.75) is 30.9 Å². The number of hydrogen-bond donors (Lipinski definition) is 0. The van der Waals surface area contributed by atoms with Gasteiger partial charge < -0.3 is 4.42 Å². The number of hydrogen-bond acceptors (Lipinski definition) is 4. The van der Waals surface area contributed by atoms with Crippen LogP contribution in [0.25, 0.3) is 10.9 Å². The summed E-state index contributed by atoms with van der Waals surface area (Å²) in [6, 6.07) is 11.4. The number of nitrogens with zero attached hydrogens (tertiary/aromatic N) is 1. The van der Waals surface area contributed by atoms with Crippen LogP contribution in [-0.2, 0) is 0 Å². The quantitative estimate of drug-likeness (QED) is 0.603. The van der Waals surface area contributed by atoms with Crippen LogP contribution in [0.3, 0.4) is 0 Å². The van der Waals surface area contributed by atoms with Crippen LogP contribution >= 0.6 is 23.4 Å². The fourth-order valence-electron chi connectivity index (χ4n) is 2.49. The molecule has 2 aromatic carbocycles. The van der Waals surface area contributed by atoms with E-state index in [2.05, 4.69) is 4.98 Å². The smallest absolute Gasteiger partial charge is 0.346 e. The molecule has 118 valence electrons. The predicted molar refractivity (Wildman–Crippen MR) is 95.5 cm³/mol. The third-order valence-corrected chi connectivity index (χ3v) is 4.91. The molecule has 0 saturated carbocycles. The molecule has 23 heavy (non-hydrogen) atoms. The van der Waals surface area contributed by atoms with Crippen molar-refractivity contribution in [3.63, 3.8) is 0 Å². The van der Waals surface area contributed by atoms with Crippen LogP contribution in [0.5, 0.6) is 0 Å². The summed E-state index contributed by atoms with van der Waals surface area (Å²) in [5.74, 6) is 0.439. The first kappa shape index (κ1) is 16.1. The Balaban J connectivity index is 1.99. The number of fused-ring (bicyclic) bond motifs is 1. The van der Waals surface area contributed by atoms with E-state index in [0.717, 1.165) is 16.0 Å². The highest BCUT2D eigenvalue weighted by molar-refractivity contribution is 7.99. The molecule has 3 aromatic rings. The van der Waals surface area contributed by atoms with Gasteiger partial charge in [-0.25, -0.2) is 9.78 Å². The molecule has 0 aliphatic rings. The standard InChI is InChI=1S/C18H16ClNO2S/c1-10-8-11(2)16-15(9-10)18(21)22-17(20-16)12(3)23-14-6-4-13(19)5-7-14/h4-9,12H,1-3H3/t12-/m0/s1. The second kappa shape index (κ2) is 6.38. The van der Waals surface area contributed by atoms with Crippen molar-refractivity contribution in [3.8, 4) is 0 Å². The van der Waals surface area contributed by atoms with E-state index in [1.165, 1.54) is 0 Å². The Morgan fingerprint density at radius 2 is 1.87 bits per heavy atom. The zero-order chi connectivity index (χ0) is 16.6. The molecule has 0 N–H and O–H groups in total. The minimum Gasteiger partial charge on any atom is -0.407 e. The Bertz CT molecular complexity index is 919. The maximum absolute atomic E-state index is 12.3. The van der Waals surface area contributed by atoms with E-state index in [1.54, 1.807) is 11.8 Å². The summed E-state index contributed by atoms with van der Waals surface area (Å²) in [4.78, 5) is 17.9. The molecule has 0 spiro atoms. The molecule has 0 aliphatic heterocycles. The second-order valence-electron chi connectivity index (χ2n) is 5.53. The van der Waals surface area contributed by atoms with Crippen LogP contribution in [0.15, 0.2) is 50.5 Å². The number of aromatic nitrogens is 1. The van der Waals surface area contributed by atoms with Gasteiger partial charge in [0.25, 0.3) is 0 Å². The van der Waals surface area contributed by atoms with Gasteiger partial charge in [-0.15, -0.1) is 11.8 Å². The van der Waals surface area contributed by atoms with Gasteiger partial charge in [0.15, 0.2) is 0 Å². The van der Waals surface area contributed by atoms with Crippen LogP contribution in [0, 0.1) is 13.8 Å². The summed E-state index contributed by atoms with van der Waals surface area (Å²) >= 11 is 7.48. The monoisotopic (exact) mass is 345 g/mol. The maximum atomic E-state index is 12.3. The van der Waals surface area contributed by atoms with Crippen LogP contribution in [0.2, 0.25) is 5.02 Å². The number of rotatable bonds is 3. The molecule has 1 aromatic heterocycles. The summed E-state index contributed by atoms with van der Waals surface area (Å²) < 4.78 is 5.44. The number of aryl methyl sites for hydroxylation is 2. The lowest BCUT2D eigenvalue weighted by atomic mass is 10.1. The normalized spacial score (nSPS) is 12.5. The average molecular weight is 346 g/mol. The second-order valence-corrected chi connectivity index (χ2v) is 7.38. The lowest BCUT2D eigenvalue weighted by molar-refractivity contribution is 0.447. The largest absolute Gasteiger partial charge is 0.407 e. The molecule has 0 radical (unpaired) electrons. The molecule has 0 aliphatic carbocycles. The molecule has 1 atom stereocenters. The summed E-state index contributed by atoms with van der Waals surface area (Å²) in [6.07, 6.45) is 0. The first-order chi connectivity index (χ1) is 10.9. The molecule has 0 amide bonds. The third-order valence-electron chi connectivity index (χ3n) is 3.56. The van der Waals surface area contributed by atoms with Gasteiger partial charge in [-0.2, -0.15) is 0 Å². The molecule has 3 rings (SSSR count). The third kappa shape index (κ3) is 3.43. The molecular formula is C18H16ClNO2S. The van der Waals surface area contributed by atoms with Gasteiger partial charge in [-0.05, 0) is 62.2 Å². The number of benzene rings is 2. The number of thioether (sulfide) groups is 1. The molecule has 5 heteroatoms. The van der Waals surface area contributed by atoms with Gasteiger partial charge in [0.2, 0.25) is 5.89 Å². The molecule has 0 bridgehead atoms. The summed E-state index contributed by atoms with van der Waals surface area (Å²) in [5, 5.41) is 1.16. The van der Waals surface area contributed by atoms with Gasteiger partial charge in [-0.3, -0.25) is 0 Å². The van der Waals surface area contributed by atoms with E-state index >= 15 is 0 Å². The highest BCUT2D eigenvalue weighted by atomic mass is 35.5. The van der Waals surface area contributed by atoms with E-state index in [0.29, 0.717) is 21.8 Å². The van der Waals surface area contributed by atoms with Gasteiger partial charge in [0.05, 0.1) is 16.2 Å². The van der Waals surface area contributed by atoms with Gasteiger partial charge in [-0.1, -0.05) is 17.7 Å². The van der Waals surface area contributed by atoms with Crippen LogP contribution in [0.1, 0.15) is 29.2 Å². The van der Waals surface area contributed by atoms with Crippen LogP contribution in [0.4, 0.5) is 0 Å². The van der Waals surface area contributed by atoms with Crippen molar-refractivity contribution in [2.24, 2.45) is 0 Å². The lowest BCUT2D eigenvalue weighted by Crippen LogP contribution is -2.07. The van der Waals surface area contributed by atoms with Crippen molar-refractivity contribution >= 4 is 34.3 Å². The summed E-state index contributed by atoms with van der Waals surface area (Å²) in [6.45, 7) is 5.89. The van der Waals surface area contributed by atoms with E-state index in [4.69, 9.17) is 16.0 Å². The summed E-state index contributed by atoms with van der Waals surface area (Å²) in [5.41, 5.74) is 2.39. The Morgan fingerprint density at radius 1 is 1.17 bits per heavy atom. The van der Waals surface area contributed by atoms with Crippen LogP contribution in [-0.4, -0.2) is 4.98 Å². The Morgan fingerprint density at radius 3 is 2.57 bits per heavy atom. The number of halogens is 1. The summed E-state index contributed by atoms with van der Waals surface area (Å²) in [7, 11) is 0. The van der Waals surface area contributed by atoms with Crippen molar-refractivity contribution in [1.29, 1.82) is 0 Å². The molecule has 0 unspecified atom stereocenters. The zero-order valence-electron chi connectivity index (χ0n) is 13.1. The van der Waals surface area contributed by atoms with Gasteiger partial charge in [0, 0.05) is 9.92 Å². The Labute approximate surface area is 143 Å². The van der Waals surface area contributed by atoms with Crippen molar-refractivity contribution in [2.75, 3.05) is 0 Å². The SMILES string of the molecule is Cc1cc(C)c2nc([C@H](C)Sc3ccc(Cl)cc3)oc(=O)c2c1. The fraction of sp³-hybridized carbons (Fsp3) is 0.222. The van der Waals surface area contributed by atoms with E-state index < -0.39 is 0 Å². The molecule has 1 heterocycles. The fourth-order valence-corrected chi connectivity index (χ4v) is 3.52. The van der Waals surface area contributed by atoms with Crippen molar-refractivity contribution < 1.29 is 4.42 Å². The molecule has 0 fully saturated rings. The highest BCUT2D eigenvalue weighted by Gasteiger charge is 2.16. The Kier molecular flexibility index (Phi) is 4.46. The minimum atomic E-state index is -0.333. The minimum absolute atomic E-state index is 0.0750. The van der Waals surface area contributed by atoms with E-state index in [-0.39, 0.29) is 10.9 Å². The van der Waals surface area contributed by atoms with Gasteiger partial charge >= 0.3 is 5.63 Å². The Hall–Kier alpha value is -1.78. The zero-order valence-corrected chi connectivity index (χ0v) is 14.7. The molecule has 3 nitrogen and oxygen atoms in total. The van der Waals surface area contributed by atoms with Crippen molar-refractivity contribution in [3.05, 3.63) is 68.9 Å². The average Bonchev–Trinajstić information content (AvgIpc) is 2.50. The first-order valence-corrected chi connectivity index (χ1v) is 8.54. The molecule has 0 saturated heterocycles. The molecular weight excluding hydrogens is 330 g/mol. The predicted octanol–water partition coefficient (Wildman–Crippen LogP) is 5.31. The maximum Gasteiger partial charge on any atom is 0.346 e. The highest BCUT2D eigenvalue weighted by Crippen LogP contribution is 2.34. The topological polar surface area (TPSA) is 43.1 Å². The lowest BCUT2D eigenvalue weighted by Gasteiger charge is -2.11. The van der Waals surface area contributed by atoms with Crippen LogP contribution < -0.4 is 5.63 Å². The van der Waals surface area contributed by atoms with Crippen molar-refractivity contribution in [1.82, 2.24) is 4.98 Å². The first-order valence-electron chi connectivity index (χ1n) is 7.28. The van der Waals surface area contributed by atoms with E-state index in [1.807, 2.05) is 57.2 Å². The van der Waals surface area contributed by atoms with Gasteiger partial charge in [0.1, 0.15) is 0 Å². The van der Waals surface area contributed by atoms with E-state index in [9.17, 15) is 4.79 Å².